The number of nitrogens with one attached hydrogen (secondary N) is 1. The molecule has 1 saturated heterocycles. The van der Waals surface area contributed by atoms with Gasteiger partial charge < -0.3 is 0 Å². The number of hydrogen-bond acceptors (Lipinski definition) is 2. The number of halogens is 1. The topological polar surface area (TPSA) is 31.9 Å². The molecule has 128 valence electrons. The van der Waals surface area contributed by atoms with Crippen LogP contribution in [0.25, 0.3) is 11.1 Å². The second-order valence-electron chi connectivity index (χ2n) is 6.74. The molecule has 2 aromatic carbocycles. The molecule has 0 spiro atoms. The Morgan fingerprint density at radius 1 is 1.04 bits per heavy atom. The van der Waals surface area contributed by atoms with Gasteiger partial charge in [-0.25, -0.2) is 4.39 Å². The molecule has 0 bridgehead atoms. The Labute approximate surface area is 147 Å². The SMILES string of the molecule is Fc1cccc(-c2cn[nH]c2C2CCN(Cc3ccccc3)CC2)c1. The molecule has 1 aliphatic heterocycles. The summed E-state index contributed by atoms with van der Waals surface area (Å²) >= 11 is 0. The van der Waals surface area contributed by atoms with Gasteiger partial charge in [-0.15, -0.1) is 0 Å². The Bertz CT molecular complexity index is 820. The van der Waals surface area contributed by atoms with Gasteiger partial charge in [-0.05, 0) is 49.2 Å². The molecule has 1 fully saturated rings. The van der Waals surface area contributed by atoms with Crippen LogP contribution in [0.15, 0.2) is 60.8 Å². The molecule has 0 aliphatic carbocycles. The molecule has 4 heteroatoms. The number of aromatic nitrogens is 2. The smallest absolute Gasteiger partial charge is 0.123 e. The minimum absolute atomic E-state index is 0.206. The van der Waals surface area contributed by atoms with Crippen molar-refractivity contribution in [1.29, 1.82) is 0 Å². The molecular formula is C21H22FN3. The van der Waals surface area contributed by atoms with Crippen LogP contribution in [0.5, 0.6) is 0 Å². The van der Waals surface area contributed by atoms with E-state index in [2.05, 4.69) is 45.4 Å². The number of likely N-dealkylation sites (tertiary alicyclic amines) is 1. The summed E-state index contributed by atoms with van der Waals surface area (Å²) in [4.78, 5) is 2.50. The van der Waals surface area contributed by atoms with E-state index < -0.39 is 0 Å². The zero-order valence-electron chi connectivity index (χ0n) is 14.2. The Morgan fingerprint density at radius 3 is 2.60 bits per heavy atom. The van der Waals surface area contributed by atoms with E-state index in [1.165, 1.54) is 11.6 Å². The molecular weight excluding hydrogens is 313 g/mol. The molecule has 3 aromatic rings. The van der Waals surface area contributed by atoms with Crippen LogP contribution >= 0.6 is 0 Å². The average Bonchev–Trinajstić information content (AvgIpc) is 3.13. The third-order valence-corrected chi connectivity index (χ3v) is 5.05. The molecule has 0 atom stereocenters. The van der Waals surface area contributed by atoms with E-state index in [9.17, 15) is 4.39 Å². The predicted molar refractivity (Wildman–Crippen MR) is 97.7 cm³/mol. The highest BCUT2D eigenvalue weighted by Gasteiger charge is 2.24. The third-order valence-electron chi connectivity index (χ3n) is 5.05. The monoisotopic (exact) mass is 335 g/mol. The largest absolute Gasteiger partial charge is 0.299 e. The van der Waals surface area contributed by atoms with Gasteiger partial charge in [-0.2, -0.15) is 5.10 Å². The predicted octanol–water partition coefficient (Wildman–Crippen LogP) is 4.60. The maximum Gasteiger partial charge on any atom is 0.123 e. The number of piperidine rings is 1. The van der Waals surface area contributed by atoms with Crippen molar-refractivity contribution < 1.29 is 4.39 Å². The van der Waals surface area contributed by atoms with Crippen LogP contribution in [-0.2, 0) is 6.54 Å². The standard InChI is InChI=1S/C21H22FN3/c22-19-8-4-7-18(13-19)20-14-23-24-21(20)17-9-11-25(12-10-17)15-16-5-2-1-3-6-16/h1-8,13-14,17H,9-12,15H2,(H,23,24). The lowest BCUT2D eigenvalue weighted by atomic mass is 9.89. The first-order valence-corrected chi connectivity index (χ1v) is 8.85. The molecule has 0 amide bonds. The van der Waals surface area contributed by atoms with Crippen molar-refractivity contribution in [2.24, 2.45) is 0 Å². The van der Waals surface area contributed by atoms with Crippen molar-refractivity contribution in [3.05, 3.63) is 77.9 Å². The first-order valence-electron chi connectivity index (χ1n) is 8.85. The molecule has 2 heterocycles. The Kier molecular flexibility index (Phi) is 4.61. The van der Waals surface area contributed by atoms with Crippen LogP contribution in [0, 0.1) is 5.82 Å². The minimum Gasteiger partial charge on any atom is -0.299 e. The summed E-state index contributed by atoms with van der Waals surface area (Å²) < 4.78 is 13.6. The van der Waals surface area contributed by atoms with Crippen LogP contribution in [0.2, 0.25) is 0 Å². The first-order chi connectivity index (χ1) is 12.3. The van der Waals surface area contributed by atoms with Gasteiger partial charge in [0, 0.05) is 23.7 Å². The summed E-state index contributed by atoms with van der Waals surface area (Å²) in [5.74, 6) is 0.245. The van der Waals surface area contributed by atoms with E-state index >= 15 is 0 Å². The maximum absolute atomic E-state index is 13.6. The van der Waals surface area contributed by atoms with E-state index in [1.54, 1.807) is 12.1 Å². The van der Waals surface area contributed by atoms with Gasteiger partial charge in [0.15, 0.2) is 0 Å². The fourth-order valence-corrected chi connectivity index (χ4v) is 3.71. The Balaban J connectivity index is 1.44. The van der Waals surface area contributed by atoms with Crippen LogP contribution in [0.4, 0.5) is 4.39 Å². The quantitative estimate of drug-likeness (QED) is 0.756. The minimum atomic E-state index is -0.206. The lowest BCUT2D eigenvalue weighted by Gasteiger charge is -2.32. The van der Waals surface area contributed by atoms with Gasteiger partial charge in [0.25, 0.3) is 0 Å². The van der Waals surface area contributed by atoms with Crippen molar-refractivity contribution in [1.82, 2.24) is 15.1 Å². The van der Waals surface area contributed by atoms with Gasteiger partial charge in [0.2, 0.25) is 0 Å². The highest BCUT2D eigenvalue weighted by atomic mass is 19.1. The second kappa shape index (κ2) is 7.19. The van der Waals surface area contributed by atoms with Gasteiger partial charge in [-0.1, -0.05) is 42.5 Å². The third kappa shape index (κ3) is 3.64. The maximum atomic E-state index is 13.6. The summed E-state index contributed by atoms with van der Waals surface area (Å²) in [5.41, 5.74) is 4.43. The number of benzene rings is 2. The summed E-state index contributed by atoms with van der Waals surface area (Å²) in [6.45, 7) is 3.15. The first kappa shape index (κ1) is 16.0. The zero-order chi connectivity index (χ0) is 17.1. The fourth-order valence-electron chi connectivity index (χ4n) is 3.71. The lowest BCUT2D eigenvalue weighted by molar-refractivity contribution is 0.203. The number of rotatable bonds is 4. The van der Waals surface area contributed by atoms with E-state index in [0.29, 0.717) is 5.92 Å². The Hall–Kier alpha value is -2.46. The van der Waals surface area contributed by atoms with Gasteiger partial charge >= 0.3 is 0 Å². The summed E-state index contributed by atoms with van der Waals surface area (Å²) in [6.07, 6.45) is 4.01. The molecule has 3 nitrogen and oxygen atoms in total. The van der Waals surface area contributed by atoms with Crippen LogP contribution in [-0.4, -0.2) is 28.2 Å². The van der Waals surface area contributed by atoms with Crippen molar-refractivity contribution in [2.75, 3.05) is 13.1 Å². The molecule has 0 unspecified atom stereocenters. The van der Waals surface area contributed by atoms with Crippen LogP contribution in [0.1, 0.15) is 30.0 Å². The summed E-state index contributed by atoms with van der Waals surface area (Å²) in [5, 5.41) is 7.40. The zero-order valence-corrected chi connectivity index (χ0v) is 14.2. The lowest BCUT2D eigenvalue weighted by Crippen LogP contribution is -2.32. The molecule has 1 aliphatic rings. The number of aromatic amines is 1. The molecule has 25 heavy (non-hydrogen) atoms. The summed E-state index contributed by atoms with van der Waals surface area (Å²) in [6, 6.07) is 17.4. The average molecular weight is 335 g/mol. The normalized spacial score (nSPS) is 16.2. The molecule has 4 rings (SSSR count). The van der Waals surface area contributed by atoms with Crippen molar-refractivity contribution in [2.45, 2.75) is 25.3 Å². The fraction of sp³-hybridized carbons (Fsp3) is 0.286. The van der Waals surface area contributed by atoms with E-state index in [4.69, 9.17) is 0 Å². The highest BCUT2D eigenvalue weighted by Crippen LogP contribution is 2.34. The highest BCUT2D eigenvalue weighted by molar-refractivity contribution is 5.65. The van der Waals surface area contributed by atoms with Crippen molar-refractivity contribution >= 4 is 0 Å². The van der Waals surface area contributed by atoms with Crippen molar-refractivity contribution in [3.63, 3.8) is 0 Å². The van der Waals surface area contributed by atoms with Gasteiger partial charge in [0.1, 0.15) is 5.82 Å². The second-order valence-corrected chi connectivity index (χ2v) is 6.74. The number of nitrogens with zero attached hydrogens (tertiary/aromatic N) is 2. The van der Waals surface area contributed by atoms with E-state index in [-0.39, 0.29) is 5.82 Å². The summed E-state index contributed by atoms with van der Waals surface area (Å²) in [7, 11) is 0. The molecule has 1 aromatic heterocycles. The number of H-pyrrole nitrogens is 1. The van der Waals surface area contributed by atoms with Crippen LogP contribution < -0.4 is 0 Å². The van der Waals surface area contributed by atoms with Crippen molar-refractivity contribution in [3.8, 4) is 11.1 Å². The molecule has 1 N–H and O–H groups in total. The van der Waals surface area contributed by atoms with Gasteiger partial charge in [0.05, 0.1) is 6.20 Å². The van der Waals surface area contributed by atoms with E-state index in [1.807, 2.05) is 12.3 Å². The van der Waals surface area contributed by atoms with Crippen LogP contribution in [0.3, 0.4) is 0 Å². The van der Waals surface area contributed by atoms with Gasteiger partial charge in [-0.3, -0.25) is 10.00 Å². The number of hydrogen-bond donors (Lipinski definition) is 1. The Morgan fingerprint density at radius 2 is 1.84 bits per heavy atom. The van der Waals surface area contributed by atoms with E-state index in [0.717, 1.165) is 49.3 Å². The molecule has 0 saturated carbocycles. The molecule has 0 radical (unpaired) electrons.